The molecule has 0 aromatic heterocycles. The largest absolute Gasteiger partial charge is 2.00 e. The van der Waals surface area contributed by atoms with E-state index in [9.17, 15) is 19.8 Å². The number of carbonyl (C=O) groups is 2. The number of hydrogen-bond donors (Lipinski definition) is 0. The number of carboxylic acid groups (broad SMARTS) is 2. The molecule has 0 aliphatic heterocycles. The topological polar surface area (TPSA) is 80.3 Å². The molecule has 0 rings (SSSR count). The normalized spacial score (nSPS) is 11.0. The van der Waals surface area contributed by atoms with E-state index in [-0.39, 0.29) is 32.3 Å². The number of aliphatic carboxylic acids is 2. The summed E-state index contributed by atoms with van der Waals surface area (Å²) in [6, 6.07) is 0. The smallest absolute Gasteiger partial charge is 0.550 e. The second-order valence-electron chi connectivity index (χ2n) is 11.4. The standard InChI is InChI=1S/2C18H34O2.Zn/c2*1-2-3-4-5-6-7-8-9-10-11-12-13-14-15-16-17-18(19)20;/h2*3-4H,2,5-17H2,1H3,(H,19,20);/q;;+2/p-2. The van der Waals surface area contributed by atoms with Crippen LogP contribution in [0, 0.1) is 0 Å². The molecule has 5 heteroatoms. The van der Waals surface area contributed by atoms with Gasteiger partial charge in [-0.05, 0) is 64.2 Å². The molecule has 0 aliphatic carbocycles. The summed E-state index contributed by atoms with van der Waals surface area (Å²) >= 11 is 0. The molecule has 0 bridgehead atoms. The molecule has 0 aromatic rings. The molecule has 0 saturated heterocycles. The van der Waals surface area contributed by atoms with Crippen LogP contribution < -0.4 is 10.2 Å². The number of allylic oxidation sites excluding steroid dienone is 4. The fraction of sp³-hybridized carbons (Fsp3) is 0.833. The minimum Gasteiger partial charge on any atom is -0.550 e. The van der Waals surface area contributed by atoms with E-state index in [4.69, 9.17) is 0 Å². The maximum atomic E-state index is 10.2. The average Bonchev–Trinajstić information content (AvgIpc) is 2.93. The van der Waals surface area contributed by atoms with Crippen molar-refractivity contribution >= 4 is 11.9 Å². The Kier molecular flexibility index (Phi) is 44.7. The number of hydrogen-bond acceptors (Lipinski definition) is 4. The van der Waals surface area contributed by atoms with Gasteiger partial charge in [-0.25, -0.2) is 0 Å². The van der Waals surface area contributed by atoms with Crippen molar-refractivity contribution in [1.29, 1.82) is 0 Å². The van der Waals surface area contributed by atoms with Crippen LogP contribution in [0.1, 0.15) is 194 Å². The Morgan fingerprint density at radius 2 is 0.610 bits per heavy atom. The van der Waals surface area contributed by atoms with Crippen molar-refractivity contribution in [2.24, 2.45) is 0 Å². The maximum absolute atomic E-state index is 10.2. The number of rotatable bonds is 30. The van der Waals surface area contributed by atoms with E-state index >= 15 is 0 Å². The first-order valence-electron chi connectivity index (χ1n) is 17.2. The summed E-state index contributed by atoms with van der Waals surface area (Å²) in [4.78, 5) is 20.4. The summed E-state index contributed by atoms with van der Waals surface area (Å²) in [6.45, 7) is 4.36. The minimum atomic E-state index is -0.907. The first-order chi connectivity index (χ1) is 19.5. The summed E-state index contributed by atoms with van der Waals surface area (Å²) < 4.78 is 0. The Morgan fingerprint density at radius 1 is 0.390 bits per heavy atom. The monoisotopic (exact) mass is 626 g/mol. The van der Waals surface area contributed by atoms with Crippen molar-refractivity contribution in [3.63, 3.8) is 0 Å². The van der Waals surface area contributed by atoms with Crippen LogP contribution in [0.25, 0.3) is 0 Å². The fourth-order valence-electron chi connectivity index (χ4n) is 4.81. The molecule has 0 N–H and O–H groups in total. The zero-order chi connectivity index (χ0) is 29.8. The van der Waals surface area contributed by atoms with Gasteiger partial charge in [0, 0.05) is 11.9 Å². The third-order valence-electron chi connectivity index (χ3n) is 7.31. The maximum Gasteiger partial charge on any atom is 2.00 e. The van der Waals surface area contributed by atoms with E-state index in [0.717, 1.165) is 38.5 Å². The molecule has 236 valence electrons. The third kappa shape index (κ3) is 49.1. The quantitative estimate of drug-likeness (QED) is 0.0451. The van der Waals surface area contributed by atoms with Gasteiger partial charge < -0.3 is 19.8 Å². The Balaban J connectivity index is -0.000000688. The van der Waals surface area contributed by atoms with Crippen LogP contribution in [0.2, 0.25) is 0 Å². The molecule has 0 amide bonds. The predicted octanol–water partition coefficient (Wildman–Crippen LogP) is 9.55. The van der Waals surface area contributed by atoms with Crippen molar-refractivity contribution in [2.45, 2.75) is 194 Å². The van der Waals surface area contributed by atoms with Crippen molar-refractivity contribution in [3.05, 3.63) is 24.3 Å². The number of carbonyl (C=O) groups excluding carboxylic acids is 2. The zero-order valence-corrected chi connectivity index (χ0v) is 30.4. The van der Waals surface area contributed by atoms with Gasteiger partial charge in [0.2, 0.25) is 0 Å². The van der Waals surface area contributed by atoms with Crippen LogP contribution in [-0.2, 0) is 29.1 Å². The van der Waals surface area contributed by atoms with E-state index in [2.05, 4.69) is 38.2 Å². The molecule has 0 unspecified atom stereocenters. The first kappa shape index (κ1) is 44.5. The number of carboxylic acids is 2. The van der Waals surface area contributed by atoms with Crippen LogP contribution in [0.4, 0.5) is 0 Å². The van der Waals surface area contributed by atoms with Crippen LogP contribution in [0.5, 0.6) is 0 Å². The van der Waals surface area contributed by atoms with Gasteiger partial charge in [0.15, 0.2) is 0 Å². The Labute approximate surface area is 268 Å². The fourth-order valence-corrected chi connectivity index (χ4v) is 4.81. The van der Waals surface area contributed by atoms with E-state index in [1.165, 1.54) is 128 Å². The Hall–Kier alpha value is -0.957. The Bertz CT molecular complexity index is 524. The molecular formula is C36H66O4Zn. The molecule has 0 fully saturated rings. The zero-order valence-electron chi connectivity index (χ0n) is 27.4. The van der Waals surface area contributed by atoms with Crippen LogP contribution >= 0.6 is 0 Å². The summed E-state index contributed by atoms with van der Waals surface area (Å²) in [5.74, 6) is -1.81. The second kappa shape index (κ2) is 41.2. The van der Waals surface area contributed by atoms with Crippen molar-refractivity contribution in [2.75, 3.05) is 0 Å². The molecule has 0 aliphatic rings. The van der Waals surface area contributed by atoms with Crippen LogP contribution in [-0.4, -0.2) is 11.9 Å². The Morgan fingerprint density at radius 3 is 0.829 bits per heavy atom. The van der Waals surface area contributed by atoms with E-state index in [1.807, 2.05) is 0 Å². The number of unbranched alkanes of at least 4 members (excludes halogenated alkanes) is 22. The average molecular weight is 628 g/mol. The van der Waals surface area contributed by atoms with Gasteiger partial charge in [-0.1, -0.05) is 154 Å². The minimum absolute atomic E-state index is 0. The van der Waals surface area contributed by atoms with Gasteiger partial charge >= 0.3 is 19.5 Å². The van der Waals surface area contributed by atoms with Crippen molar-refractivity contribution < 1.29 is 39.3 Å². The van der Waals surface area contributed by atoms with Crippen LogP contribution in [0.3, 0.4) is 0 Å². The molecule has 0 radical (unpaired) electrons. The van der Waals surface area contributed by atoms with Crippen LogP contribution in [0.15, 0.2) is 24.3 Å². The summed E-state index contributed by atoms with van der Waals surface area (Å²) in [7, 11) is 0. The summed E-state index contributed by atoms with van der Waals surface area (Å²) in [5.41, 5.74) is 0. The van der Waals surface area contributed by atoms with Crippen molar-refractivity contribution in [3.8, 4) is 0 Å². The van der Waals surface area contributed by atoms with Gasteiger partial charge in [-0.15, -0.1) is 0 Å². The van der Waals surface area contributed by atoms with Gasteiger partial charge in [-0.2, -0.15) is 0 Å². The van der Waals surface area contributed by atoms with Crippen molar-refractivity contribution in [1.82, 2.24) is 0 Å². The molecule has 0 heterocycles. The molecule has 41 heavy (non-hydrogen) atoms. The van der Waals surface area contributed by atoms with E-state index in [1.54, 1.807) is 0 Å². The third-order valence-corrected chi connectivity index (χ3v) is 7.31. The summed E-state index contributed by atoms with van der Waals surface area (Å²) in [6.07, 6.45) is 41.9. The SMILES string of the molecule is CCC=CCCCCCCCCCCCCCC(=O)[O-].CCC=CCCCCCCCCCCCCCC(=O)[O-].[Zn+2]. The van der Waals surface area contributed by atoms with Gasteiger partial charge in [0.25, 0.3) is 0 Å². The van der Waals surface area contributed by atoms with Gasteiger partial charge in [0.1, 0.15) is 0 Å². The second-order valence-corrected chi connectivity index (χ2v) is 11.4. The molecule has 0 saturated carbocycles. The van der Waals surface area contributed by atoms with Gasteiger partial charge in [-0.3, -0.25) is 0 Å². The molecular weight excluding hydrogens is 562 g/mol. The predicted molar refractivity (Wildman–Crippen MR) is 169 cm³/mol. The van der Waals surface area contributed by atoms with E-state index < -0.39 is 11.9 Å². The molecule has 4 nitrogen and oxygen atoms in total. The van der Waals surface area contributed by atoms with Gasteiger partial charge in [0.05, 0.1) is 0 Å². The summed E-state index contributed by atoms with van der Waals surface area (Å²) in [5, 5.41) is 20.4. The molecule has 0 atom stereocenters. The molecule has 0 aromatic carbocycles. The molecule has 0 spiro atoms. The first-order valence-corrected chi connectivity index (χ1v) is 17.2. The van der Waals surface area contributed by atoms with E-state index in [0.29, 0.717) is 0 Å².